The van der Waals surface area contributed by atoms with Crippen LogP contribution in [0.1, 0.15) is 20.3 Å². The van der Waals surface area contributed by atoms with Crippen molar-refractivity contribution in [2.75, 3.05) is 19.7 Å². The Morgan fingerprint density at radius 3 is 2.56 bits per heavy atom. The van der Waals surface area contributed by atoms with Crippen LogP contribution in [-0.2, 0) is 14.3 Å². The lowest BCUT2D eigenvalue weighted by Crippen LogP contribution is -2.49. The Morgan fingerprint density at radius 1 is 1.28 bits per heavy atom. The van der Waals surface area contributed by atoms with Gasteiger partial charge in [0.05, 0.1) is 6.04 Å². The summed E-state index contributed by atoms with van der Waals surface area (Å²) in [6.45, 7) is 3.88. The molecular weight excluding hydrogens is 348 g/mol. The minimum Gasteiger partial charge on any atom is -0.478 e. The molecule has 2 fully saturated rings. The van der Waals surface area contributed by atoms with Gasteiger partial charge in [0.2, 0.25) is 0 Å². The maximum absolute atomic E-state index is 12.8. The fourth-order valence-electron chi connectivity index (χ4n) is 3.08. The highest BCUT2D eigenvalue weighted by Crippen LogP contribution is 2.26. The van der Waals surface area contributed by atoms with E-state index >= 15 is 0 Å². The number of cyclic esters (lactones) is 1. The smallest absolute Gasteiger partial charge is 0.417 e. The number of amides is 3. The molecule has 0 saturated carbocycles. The summed E-state index contributed by atoms with van der Waals surface area (Å²) in [7, 11) is 0. The first-order valence-corrected chi connectivity index (χ1v) is 8.38. The fraction of sp³-hybridized carbons (Fsp3) is 0.471. The number of carbonyl (C=O) groups excluding carboxylic acids is 3. The number of rotatable bonds is 4. The Labute approximate surface area is 150 Å². The van der Waals surface area contributed by atoms with Crippen LogP contribution in [0.5, 0.6) is 5.75 Å². The van der Waals surface area contributed by atoms with E-state index in [9.17, 15) is 14.4 Å². The Morgan fingerprint density at radius 2 is 1.96 bits per heavy atom. The molecule has 1 aromatic rings. The summed E-state index contributed by atoms with van der Waals surface area (Å²) in [4.78, 5) is 39.0. The SMILES string of the molecule is CC(C)(Oc1ccc(Cl)cc1)C(=O)N1CCC(N2C(=O)COC2=O)C1. The van der Waals surface area contributed by atoms with Crippen molar-refractivity contribution in [2.24, 2.45) is 0 Å². The molecule has 0 radical (unpaired) electrons. The van der Waals surface area contributed by atoms with Crippen LogP contribution in [0.2, 0.25) is 5.02 Å². The number of hydrogen-bond donors (Lipinski definition) is 0. The molecule has 134 valence electrons. The van der Waals surface area contributed by atoms with E-state index in [1.165, 1.54) is 0 Å². The van der Waals surface area contributed by atoms with Gasteiger partial charge in [-0.05, 0) is 44.5 Å². The number of carbonyl (C=O) groups is 3. The molecule has 0 aromatic heterocycles. The van der Waals surface area contributed by atoms with Gasteiger partial charge in [0, 0.05) is 18.1 Å². The summed E-state index contributed by atoms with van der Waals surface area (Å²) in [6, 6.07) is 6.42. The zero-order chi connectivity index (χ0) is 18.2. The van der Waals surface area contributed by atoms with Crippen LogP contribution in [0, 0.1) is 0 Å². The van der Waals surface area contributed by atoms with Gasteiger partial charge >= 0.3 is 6.09 Å². The third-order valence-corrected chi connectivity index (χ3v) is 4.55. The zero-order valence-electron chi connectivity index (χ0n) is 14.0. The molecule has 3 amide bonds. The van der Waals surface area contributed by atoms with Crippen molar-refractivity contribution >= 4 is 29.5 Å². The van der Waals surface area contributed by atoms with Gasteiger partial charge in [0.25, 0.3) is 11.8 Å². The number of likely N-dealkylation sites (tertiary alicyclic amines) is 1. The van der Waals surface area contributed by atoms with Gasteiger partial charge in [-0.25, -0.2) is 9.69 Å². The van der Waals surface area contributed by atoms with Gasteiger partial charge in [-0.1, -0.05) is 11.6 Å². The summed E-state index contributed by atoms with van der Waals surface area (Å²) in [5.41, 5.74) is -1.09. The first-order chi connectivity index (χ1) is 11.8. The molecule has 2 saturated heterocycles. The van der Waals surface area contributed by atoms with Crippen molar-refractivity contribution in [3.63, 3.8) is 0 Å². The summed E-state index contributed by atoms with van der Waals surface area (Å²) in [5, 5.41) is 0.584. The minimum atomic E-state index is -1.09. The zero-order valence-corrected chi connectivity index (χ0v) is 14.8. The van der Waals surface area contributed by atoms with Gasteiger partial charge < -0.3 is 14.4 Å². The molecule has 1 unspecified atom stereocenters. The lowest BCUT2D eigenvalue weighted by atomic mass is 10.1. The van der Waals surface area contributed by atoms with Crippen molar-refractivity contribution in [3.8, 4) is 5.75 Å². The van der Waals surface area contributed by atoms with E-state index in [0.29, 0.717) is 23.7 Å². The van der Waals surface area contributed by atoms with Crippen LogP contribution in [0.25, 0.3) is 0 Å². The Bertz CT molecular complexity index is 687. The molecule has 8 heteroatoms. The number of benzene rings is 1. The number of imide groups is 1. The lowest BCUT2D eigenvalue weighted by Gasteiger charge is -2.30. The molecule has 7 nitrogen and oxygen atoms in total. The van der Waals surface area contributed by atoms with E-state index in [4.69, 9.17) is 21.1 Å². The summed E-state index contributed by atoms with van der Waals surface area (Å²) < 4.78 is 10.6. The predicted octanol–water partition coefficient (Wildman–Crippen LogP) is 2.08. The third kappa shape index (κ3) is 3.56. The van der Waals surface area contributed by atoms with E-state index in [1.807, 2.05) is 0 Å². The second-order valence-electron chi connectivity index (χ2n) is 6.58. The van der Waals surface area contributed by atoms with Gasteiger partial charge in [-0.15, -0.1) is 0 Å². The van der Waals surface area contributed by atoms with Crippen LogP contribution in [0.15, 0.2) is 24.3 Å². The third-order valence-electron chi connectivity index (χ3n) is 4.30. The highest BCUT2D eigenvalue weighted by atomic mass is 35.5. The molecule has 0 spiro atoms. The van der Waals surface area contributed by atoms with Crippen LogP contribution in [0.3, 0.4) is 0 Å². The average molecular weight is 367 g/mol. The first kappa shape index (κ1) is 17.5. The van der Waals surface area contributed by atoms with Crippen molar-refractivity contribution in [1.82, 2.24) is 9.80 Å². The van der Waals surface area contributed by atoms with Crippen LogP contribution in [0.4, 0.5) is 4.79 Å². The molecule has 0 bridgehead atoms. The molecule has 25 heavy (non-hydrogen) atoms. The maximum atomic E-state index is 12.8. The molecule has 1 aromatic carbocycles. The van der Waals surface area contributed by atoms with Crippen LogP contribution in [-0.4, -0.2) is 59.0 Å². The monoisotopic (exact) mass is 366 g/mol. The normalized spacial score (nSPS) is 20.8. The second-order valence-corrected chi connectivity index (χ2v) is 7.01. The molecule has 0 aliphatic carbocycles. The van der Waals surface area contributed by atoms with E-state index in [-0.39, 0.29) is 31.0 Å². The molecular formula is C17H19ClN2O5. The number of hydrogen-bond acceptors (Lipinski definition) is 5. The largest absolute Gasteiger partial charge is 0.478 e. The Balaban J connectivity index is 1.65. The van der Waals surface area contributed by atoms with E-state index in [0.717, 1.165) is 4.90 Å². The summed E-state index contributed by atoms with van der Waals surface area (Å²) in [6.07, 6.45) is -0.107. The molecule has 2 heterocycles. The topological polar surface area (TPSA) is 76.2 Å². The fourth-order valence-corrected chi connectivity index (χ4v) is 3.20. The van der Waals surface area contributed by atoms with Gasteiger partial charge in [-0.2, -0.15) is 0 Å². The highest BCUT2D eigenvalue weighted by molar-refractivity contribution is 6.30. The Hall–Kier alpha value is -2.28. The standard InChI is InChI=1S/C17H19ClN2O5/c1-17(2,25-13-5-3-11(18)4-6-13)15(22)19-8-7-12(9-19)20-14(21)10-24-16(20)23/h3-6,12H,7-10H2,1-2H3. The van der Waals surface area contributed by atoms with Crippen molar-refractivity contribution < 1.29 is 23.9 Å². The van der Waals surface area contributed by atoms with Crippen LogP contribution >= 0.6 is 11.6 Å². The quantitative estimate of drug-likeness (QED) is 0.815. The molecule has 2 aliphatic heterocycles. The van der Waals surface area contributed by atoms with Crippen molar-refractivity contribution in [3.05, 3.63) is 29.3 Å². The van der Waals surface area contributed by atoms with Crippen molar-refractivity contribution in [2.45, 2.75) is 31.9 Å². The average Bonchev–Trinajstić information content (AvgIpc) is 3.15. The summed E-state index contributed by atoms with van der Waals surface area (Å²) in [5.74, 6) is -0.0252. The van der Waals surface area contributed by atoms with Gasteiger partial charge in [0.1, 0.15) is 5.75 Å². The van der Waals surface area contributed by atoms with E-state index in [2.05, 4.69) is 0 Å². The van der Waals surface area contributed by atoms with Gasteiger partial charge in [0.15, 0.2) is 12.2 Å². The summed E-state index contributed by atoms with van der Waals surface area (Å²) >= 11 is 5.85. The van der Waals surface area contributed by atoms with Crippen LogP contribution < -0.4 is 4.74 Å². The van der Waals surface area contributed by atoms with Gasteiger partial charge in [-0.3, -0.25) is 9.59 Å². The molecule has 1 atom stereocenters. The molecule has 3 rings (SSSR count). The number of halogens is 1. The number of ether oxygens (including phenoxy) is 2. The van der Waals surface area contributed by atoms with Crippen molar-refractivity contribution in [1.29, 1.82) is 0 Å². The van der Waals surface area contributed by atoms with E-state index in [1.54, 1.807) is 43.0 Å². The lowest BCUT2D eigenvalue weighted by molar-refractivity contribution is -0.144. The first-order valence-electron chi connectivity index (χ1n) is 8.01. The molecule has 2 aliphatic rings. The van der Waals surface area contributed by atoms with E-state index < -0.39 is 11.7 Å². The maximum Gasteiger partial charge on any atom is 0.417 e. The molecule has 0 N–H and O–H groups in total. The predicted molar refractivity (Wildman–Crippen MR) is 89.3 cm³/mol. The second kappa shape index (κ2) is 6.55. The number of nitrogens with zero attached hydrogens (tertiary/aromatic N) is 2. The minimum absolute atomic E-state index is 0.204. The highest BCUT2D eigenvalue weighted by Gasteiger charge is 2.44. The Kier molecular flexibility index (Phi) is 4.60.